The molecule has 0 spiro atoms. The second-order valence-electron chi connectivity index (χ2n) is 7.63. The van der Waals surface area contributed by atoms with Crippen molar-refractivity contribution in [3.05, 3.63) is 22.5 Å². The maximum Gasteiger partial charge on any atom is 0.227 e. The van der Waals surface area contributed by atoms with Crippen molar-refractivity contribution >= 4 is 5.91 Å². The Hall–Kier alpha value is -1.29. The van der Waals surface area contributed by atoms with Gasteiger partial charge in [-0.2, -0.15) is 0 Å². The van der Waals surface area contributed by atoms with Crippen molar-refractivity contribution in [3.63, 3.8) is 0 Å². The molecule has 0 saturated carbocycles. The predicted octanol–water partition coefficient (Wildman–Crippen LogP) is 2.09. The second-order valence-corrected chi connectivity index (χ2v) is 7.63. The number of carbonyl (C=O) groups is 1. The van der Waals surface area contributed by atoms with E-state index < -0.39 is 5.41 Å². The number of likely N-dealkylation sites (N-methyl/N-ethyl adjacent to an activating group) is 1. The predicted molar refractivity (Wildman–Crippen MR) is 86.6 cm³/mol. The van der Waals surface area contributed by atoms with Crippen molar-refractivity contribution in [2.45, 2.75) is 58.4 Å². The first-order valence-corrected chi connectivity index (χ1v) is 7.67. The van der Waals surface area contributed by atoms with Crippen molar-refractivity contribution in [1.29, 1.82) is 0 Å². The van der Waals surface area contributed by atoms with Gasteiger partial charge in [0.15, 0.2) is 0 Å². The lowest BCUT2D eigenvalue weighted by atomic mass is 9.79. The van der Waals surface area contributed by atoms with E-state index in [1.165, 1.54) is 22.5 Å². The molecule has 1 unspecified atom stereocenters. The Morgan fingerprint density at radius 3 is 2.19 bits per heavy atom. The lowest BCUT2D eigenvalue weighted by Crippen LogP contribution is -2.38. The molecule has 0 aromatic carbocycles. The first-order chi connectivity index (χ1) is 9.52. The van der Waals surface area contributed by atoms with Crippen LogP contribution in [0.2, 0.25) is 0 Å². The Balaban J connectivity index is 2.61. The van der Waals surface area contributed by atoms with Gasteiger partial charge in [-0.25, -0.2) is 0 Å². The van der Waals surface area contributed by atoms with E-state index in [2.05, 4.69) is 51.3 Å². The summed E-state index contributed by atoms with van der Waals surface area (Å²) in [5.74, 6) is -0.206. The van der Waals surface area contributed by atoms with Crippen LogP contribution in [-0.4, -0.2) is 36.0 Å². The van der Waals surface area contributed by atoms with Crippen LogP contribution in [0.25, 0.3) is 0 Å². The summed E-state index contributed by atoms with van der Waals surface area (Å²) in [6.07, 6.45) is 0.802. The second kappa shape index (κ2) is 4.87. The molecular formula is C17H29N3O. The van der Waals surface area contributed by atoms with Crippen LogP contribution in [0.15, 0.2) is 0 Å². The van der Waals surface area contributed by atoms with E-state index in [0.717, 1.165) is 19.5 Å². The van der Waals surface area contributed by atoms with Gasteiger partial charge in [-0.15, -0.1) is 0 Å². The number of carbonyl (C=O) groups excluding carboxylic acids is 1. The standard InChI is InChI=1S/C17H29N3O/c1-11-13-14(12(2)20(11)9-8-19(6)7)17(5,15(18)21)10-16(13,3)4/h8-10H2,1-7H3,(H2,18,21). The molecule has 1 aromatic rings. The first kappa shape index (κ1) is 16.1. The molecule has 4 heteroatoms. The maximum absolute atomic E-state index is 12.1. The Morgan fingerprint density at radius 1 is 1.19 bits per heavy atom. The van der Waals surface area contributed by atoms with Gasteiger partial charge < -0.3 is 15.2 Å². The third-order valence-electron chi connectivity index (χ3n) is 5.12. The minimum atomic E-state index is -0.545. The topological polar surface area (TPSA) is 51.3 Å². The third kappa shape index (κ3) is 2.30. The number of hydrogen-bond acceptors (Lipinski definition) is 2. The fourth-order valence-electron chi connectivity index (χ4n) is 4.29. The molecule has 0 fully saturated rings. The number of nitrogens with zero attached hydrogens (tertiary/aromatic N) is 2. The molecule has 1 aliphatic rings. The van der Waals surface area contributed by atoms with Gasteiger partial charge in [0.25, 0.3) is 0 Å². The normalized spacial score (nSPS) is 23.6. The van der Waals surface area contributed by atoms with E-state index in [0.29, 0.717) is 0 Å². The largest absolute Gasteiger partial charge is 0.369 e. The lowest BCUT2D eigenvalue weighted by Gasteiger charge is -2.27. The SMILES string of the molecule is Cc1c2c(c(C)n1CCN(C)C)C(C)(C(N)=O)CC2(C)C. The molecule has 0 bridgehead atoms. The van der Waals surface area contributed by atoms with Crippen molar-refractivity contribution in [1.82, 2.24) is 9.47 Å². The molecule has 0 radical (unpaired) electrons. The van der Waals surface area contributed by atoms with Crippen LogP contribution < -0.4 is 5.73 Å². The van der Waals surface area contributed by atoms with Gasteiger partial charge in [-0.1, -0.05) is 13.8 Å². The fraction of sp³-hybridized carbons (Fsp3) is 0.706. The molecular weight excluding hydrogens is 262 g/mol. The van der Waals surface area contributed by atoms with Crippen molar-refractivity contribution in [2.24, 2.45) is 5.73 Å². The fourth-order valence-corrected chi connectivity index (χ4v) is 4.29. The lowest BCUT2D eigenvalue weighted by molar-refractivity contribution is -0.123. The van der Waals surface area contributed by atoms with E-state index >= 15 is 0 Å². The zero-order valence-electron chi connectivity index (χ0n) is 14.5. The average Bonchev–Trinajstić information content (AvgIpc) is 2.71. The molecule has 2 rings (SSSR count). The molecule has 1 aliphatic carbocycles. The molecule has 1 atom stereocenters. The van der Waals surface area contributed by atoms with E-state index in [9.17, 15) is 4.79 Å². The summed E-state index contributed by atoms with van der Waals surface area (Å²) in [6.45, 7) is 12.7. The van der Waals surface area contributed by atoms with Crippen molar-refractivity contribution < 1.29 is 4.79 Å². The van der Waals surface area contributed by atoms with E-state index in [4.69, 9.17) is 5.73 Å². The van der Waals surface area contributed by atoms with E-state index in [-0.39, 0.29) is 11.3 Å². The van der Waals surface area contributed by atoms with Gasteiger partial charge >= 0.3 is 0 Å². The molecule has 1 amide bonds. The monoisotopic (exact) mass is 291 g/mol. The number of hydrogen-bond donors (Lipinski definition) is 1. The summed E-state index contributed by atoms with van der Waals surface area (Å²) in [5.41, 5.74) is 10.2. The smallest absolute Gasteiger partial charge is 0.227 e. The minimum absolute atomic E-state index is 0.00266. The number of primary amides is 1. The van der Waals surface area contributed by atoms with E-state index in [1.807, 2.05) is 6.92 Å². The van der Waals surface area contributed by atoms with Crippen molar-refractivity contribution in [2.75, 3.05) is 20.6 Å². The summed E-state index contributed by atoms with van der Waals surface area (Å²) in [6, 6.07) is 0. The van der Waals surface area contributed by atoms with Gasteiger partial charge in [0.05, 0.1) is 5.41 Å². The van der Waals surface area contributed by atoms with Gasteiger partial charge in [-0.05, 0) is 57.8 Å². The molecule has 2 N–H and O–H groups in total. The number of amides is 1. The summed E-state index contributed by atoms with van der Waals surface area (Å²) in [5, 5.41) is 0. The number of nitrogens with two attached hydrogens (primary N) is 1. The molecule has 0 aliphatic heterocycles. The highest BCUT2D eigenvalue weighted by molar-refractivity contribution is 5.89. The Bertz CT molecular complexity index is 583. The Morgan fingerprint density at radius 2 is 1.71 bits per heavy atom. The quantitative estimate of drug-likeness (QED) is 0.923. The number of rotatable bonds is 4. The zero-order chi connectivity index (χ0) is 16.2. The zero-order valence-corrected chi connectivity index (χ0v) is 14.5. The third-order valence-corrected chi connectivity index (χ3v) is 5.12. The van der Waals surface area contributed by atoms with Gasteiger partial charge in [0.2, 0.25) is 5.91 Å². The molecule has 1 aromatic heterocycles. The van der Waals surface area contributed by atoms with Crippen LogP contribution in [0.1, 0.15) is 49.7 Å². The summed E-state index contributed by atoms with van der Waals surface area (Å²) in [4.78, 5) is 14.3. The Labute approximate surface area is 128 Å². The van der Waals surface area contributed by atoms with Crippen LogP contribution in [0.3, 0.4) is 0 Å². The summed E-state index contributed by atoms with van der Waals surface area (Å²) >= 11 is 0. The van der Waals surface area contributed by atoms with Crippen LogP contribution in [0.4, 0.5) is 0 Å². The van der Waals surface area contributed by atoms with Gasteiger partial charge in [0.1, 0.15) is 0 Å². The van der Waals surface area contributed by atoms with Gasteiger partial charge in [0, 0.05) is 24.5 Å². The number of fused-ring (bicyclic) bond motifs is 1. The molecule has 0 saturated heterocycles. The minimum Gasteiger partial charge on any atom is -0.369 e. The average molecular weight is 291 g/mol. The van der Waals surface area contributed by atoms with Crippen LogP contribution in [0.5, 0.6) is 0 Å². The summed E-state index contributed by atoms with van der Waals surface area (Å²) < 4.78 is 2.35. The van der Waals surface area contributed by atoms with E-state index in [1.54, 1.807) is 0 Å². The highest BCUT2D eigenvalue weighted by Gasteiger charge is 2.51. The van der Waals surface area contributed by atoms with Crippen LogP contribution in [0, 0.1) is 13.8 Å². The highest BCUT2D eigenvalue weighted by atomic mass is 16.1. The molecule has 118 valence electrons. The molecule has 4 nitrogen and oxygen atoms in total. The van der Waals surface area contributed by atoms with Crippen LogP contribution in [-0.2, 0) is 22.2 Å². The number of aromatic nitrogens is 1. The molecule has 1 heterocycles. The maximum atomic E-state index is 12.1. The van der Waals surface area contributed by atoms with Crippen LogP contribution >= 0.6 is 0 Å². The summed E-state index contributed by atoms with van der Waals surface area (Å²) in [7, 11) is 4.17. The van der Waals surface area contributed by atoms with Gasteiger partial charge in [-0.3, -0.25) is 4.79 Å². The first-order valence-electron chi connectivity index (χ1n) is 7.67. The van der Waals surface area contributed by atoms with Crippen molar-refractivity contribution in [3.8, 4) is 0 Å². The molecule has 21 heavy (non-hydrogen) atoms. The Kier molecular flexibility index (Phi) is 3.73. The highest BCUT2D eigenvalue weighted by Crippen LogP contribution is 2.52.